The Bertz CT molecular complexity index is 1580. The number of esters is 4. The van der Waals surface area contributed by atoms with Gasteiger partial charge in [-0.05, 0) is 92.8 Å². The SMILES string of the molecule is CCCCCCCCCCCCOC(=O)CC[C@@H](C)[C@H]1CC[C@H]2[C@@H]3[C@H](OC(=O)CCC[N+](C)(C)C)C[C@@H]4C[C@H](OC(=O)CCC[N+](C)(C)C)CC[C@]4(C)[C@H]3C[C@H](OC(=O)CCC[N+](C)(C)C)[C@]12C.[Br-].[Br-].[Br-]. The van der Waals surface area contributed by atoms with Crippen molar-refractivity contribution in [2.24, 2.45) is 46.3 Å². The van der Waals surface area contributed by atoms with Gasteiger partial charge in [-0.2, -0.15) is 0 Å². The highest BCUT2D eigenvalue weighted by atomic mass is 79.9. The first kappa shape index (κ1) is 68.2. The van der Waals surface area contributed by atoms with Crippen molar-refractivity contribution in [3.05, 3.63) is 0 Å². The molecule has 4 rings (SSSR count). The zero-order chi connectivity index (χ0) is 50.3. The van der Waals surface area contributed by atoms with Crippen molar-refractivity contribution in [3.63, 3.8) is 0 Å². The Morgan fingerprint density at radius 3 is 1.56 bits per heavy atom. The summed E-state index contributed by atoms with van der Waals surface area (Å²) in [6, 6.07) is 0. The minimum atomic E-state index is -0.341. The summed E-state index contributed by atoms with van der Waals surface area (Å²) in [5.74, 6) is 0.733. The summed E-state index contributed by atoms with van der Waals surface area (Å²) in [5.41, 5.74) is -0.423. The highest BCUT2D eigenvalue weighted by Crippen LogP contribution is 2.69. The maximum absolute atomic E-state index is 14.0. The number of rotatable bonds is 30. The zero-order valence-electron chi connectivity index (χ0n) is 47.4. The third-order valence-corrected chi connectivity index (χ3v) is 17.5. The predicted molar refractivity (Wildman–Crippen MR) is 273 cm³/mol. The van der Waals surface area contributed by atoms with E-state index < -0.39 is 0 Å². The molecule has 0 amide bonds. The van der Waals surface area contributed by atoms with Crippen LogP contribution in [0.5, 0.6) is 0 Å². The van der Waals surface area contributed by atoms with Crippen LogP contribution in [0.4, 0.5) is 0 Å². The lowest BCUT2D eigenvalue weighted by Crippen LogP contribution is -3.00. The molecule has 0 aromatic carbocycles. The molecule has 14 heteroatoms. The molecule has 0 aliphatic heterocycles. The van der Waals surface area contributed by atoms with Crippen molar-refractivity contribution in [3.8, 4) is 0 Å². The molecular formula is C57H106Br3N3O8. The van der Waals surface area contributed by atoms with Crippen LogP contribution in [0.1, 0.15) is 188 Å². The smallest absolute Gasteiger partial charge is 0.306 e. The number of hydrogen-bond acceptors (Lipinski definition) is 8. The summed E-state index contributed by atoms with van der Waals surface area (Å²) >= 11 is 0. The van der Waals surface area contributed by atoms with Gasteiger partial charge in [0.05, 0.1) is 109 Å². The summed E-state index contributed by atoms with van der Waals surface area (Å²) in [7, 11) is 19.4. The van der Waals surface area contributed by atoms with Crippen LogP contribution in [-0.4, -0.2) is 145 Å². The van der Waals surface area contributed by atoms with Crippen LogP contribution in [0, 0.1) is 46.3 Å². The molecule has 11 atom stereocenters. The van der Waals surface area contributed by atoms with Crippen LogP contribution in [0.15, 0.2) is 0 Å². The predicted octanol–water partition coefficient (Wildman–Crippen LogP) is 1.95. The number of halogens is 3. The lowest BCUT2D eigenvalue weighted by Gasteiger charge is -2.64. The van der Waals surface area contributed by atoms with E-state index in [2.05, 4.69) is 91.1 Å². The second-order valence-corrected chi connectivity index (χ2v) is 26.2. The second-order valence-electron chi connectivity index (χ2n) is 26.2. The molecule has 0 N–H and O–H groups in total. The van der Waals surface area contributed by atoms with E-state index in [-0.39, 0.29) is 139 Å². The van der Waals surface area contributed by atoms with Crippen molar-refractivity contribution in [2.45, 2.75) is 207 Å². The van der Waals surface area contributed by atoms with Gasteiger partial charge in [0, 0.05) is 37.0 Å². The zero-order valence-corrected chi connectivity index (χ0v) is 52.2. The first-order valence-electron chi connectivity index (χ1n) is 28.0. The van der Waals surface area contributed by atoms with Crippen molar-refractivity contribution in [1.29, 1.82) is 0 Å². The van der Waals surface area contributed by atoms with Gasteiger partial charge < -0.3 is 83.3 Å². The number of hydrogen-bond donors (Lipinski definition) is 0. The van der Waals surface area contributed by atoms with E-state index in [1.807, 2.05) is 0 Å². The number of nitrogens with zero attached hydrogens (tertiary/aromatic N) is 3. The average Bonchev–Trinajstić information content (AvgIpc) is 3.59. The maximum Gasteiger partial charge on any atom is 0.306 e. The number of fused-ring (bicyclic) bond motifs is 5. The molecule has 11 nitrogen and oxygen atoms in total. The van der Waals surface area contributed by atoms with Gasteiger partial charge in [-0.15, -0.1) is 0 Å². The highest BCUT2D eigenvalue weighted by molar-refractivity contribution is 5.70. The Labute approximate surface area is 466 Å². The Kier molecular flexibility index (Phi) is 30.2. The fourth-order valence-electron chi connectivity index (χ4n) is 13.6. The Morgan fingerprint density at radius 2 is 1.04 bits per heavy atom. The van der Waals surface area contributed by atoms with E-state index in [1.165, 1.54) is 51.4 Å². The van der Waals surface area contributed by atoms with Crippen molar-refractivity contribution in [2.75, 3.05) is 89.7 Å². The highest BCUT2D eigenvalue weighted by Gasteiger charge is 2.68. The second kappa shape index (κ2) is 31.4. The molecule has 0 heterocycles. The van der Waals surface area contributed by atoms with E-state index in [9.17, 15) is 19.2 Å². The molecule has 0 spiro atoms. The minimum Gasteiger partial charge on any atom is -1.00 e. The van der Waals surface area contributed by atoms with Gasteiger partial charge >= 0.3 is 23.9 Å². The molecular weight excluding hydrogens is 1090 g/mol. The molecule has 418 valence electrons. The maximum atomic E-state index is 14.0. The molecule has 0 aromatic rings. The van der Waals surface area contributed by atoms with Crippen LogP contribution in [-0.2, 0) is 38.1 Å². The van der Waals surface area contributed by atoms with Crippen molar-refractivity contribution >= 4 is 23.9 Å². The number of quaternary nitrogens is 3. The van der Waals surface area contributed by atoms with E-state index in [0.29, 0.717) is 32.3 Å². The van der Waals surface area contributed by atoms with Crippen LogP contribution in [0.25, 0.3) is 0 Å². The average molecular weight is 1200 g/mol. The molecule has 0 bridgehead atoms. The van der Waals surface area contributed by atoms with Gasteiger partial charge in [-0.3, -0.25) is 19.2 Å². The first-order valence-corrected chi connectivity index (χ1v) is 28.0. The van der Waals surface area contributed by atoms with Gasteiger partial charge in [0.2, 0.25) is 0 Å². The number of carbonyl (C=O) groups is 4. The standard InChI is InChI=1S/C57H106N3O8.3BrH/c1-14-15-16-17-18-19-20-21-22-23-39-65-51(61)33-30-43(2)46-31-32-47-55-48(42-50(57(46,47)4)68-54(64)29-26-38-60(11,12)13)56(3)35-34-45(66-52(62)27-24-36-58(5,6)7)40-44(56)41-49(55)67-53(63)28-25-37-59(8,9)10;;;/h43-50,55H,14-42H2,1-13H3;3*1H/q+3;;;/p-3/t43-,44+,45-,46-,47+,48+,49-,50+,55+,56+,57-;;;/m1.../s1. The van der Waals surface area contributed by atoms with E-state index in [1.54, 1.807) is 0 Å². The van der Waals surface area contributed by atoms with E-state index in [4.69, 9.17) is 18.9 Å². The fraction of sp³-hybridized carbons (Fsp3) is 0.930. The molecule has 4 aliphatic carbocycles. The number of unbranched alkanes of at least 4 members (excludes halogenated alkanes) is 9. The lowest BCUT2D eigenvalue weighted by atomic mass is 9.43. The Balaban J connectivity index is 0.00000840. The summed E-state index contributed by atoms with van der Waals surface area (Å²) < 4.78 is 28.0. The van der Waals surface area contributed by atoms with Crippen molar-refractivity contribution in [1.82, 2.24) is 0 Å². The van der Waals surface area contributed by atoms with Gasteiger partial charge in [0.25, 0.3) is 0 Å². The van der Waals surface area contributed by atoms with Gasteiger partial charge in [0.1, 0.15) is 18.3 Å². The Hall–Kier alpha value is -0.800. The number of carbonyl (C=O) groups excluding carboxylic acids is 4. The summed E-state index contributed by atoms with van der Waals surface area (Å²) in [4.78, 5) is 54.4. The quantitative estimate of drug-likeness (QED) is 0.0466. The molecule has 4 saturated carbocycles. The topological polar surface area (TPSA) is 105 Å². The third kappa shape index (κ3) is 22.0. The van der Waals surface area contributed by atoms with Crippen LogP contribution in [0.3, 0.4) is 0 Å². The largest absolute Gasteiger partial charge is 1.00 e. The molecule has 4 fully saturated rings. The molecule has 0 radical (unpaired) electrons. The molecule has 71 heavy (non-hydrogen) atoms. The van der Waals surface area contributed by atoms with E-state index in [0.717, 1.165) is 117 Å². The van der Waals surface area contributed by atoms with Gasteiger partial charge in [-0.1, -0.05) is 85.5 Å². The van der Waals surface area contributed by atoms with Crippen molar-refractivity contribution < 1.29 is 103 Å². The molecule has 0 aromatic heterocycles. The summed E-state index contributed by atoms with van der Waals surface area (Å²) in [5, 5.41) is 0. The number of ether oxygens (including phenoxy) is 4. The van der Waals surface area contributed by atoms with Crippen LogP contribution >= 0.6 is 0 Å². The monoisotopic (exact) mass is 1200 g/mol. The Morgan fingerprint density at radius 1 is 0.549 bits per heavy atom. The molecule has 0 saturated heterocycles. The van der Waals surface area contributed by atoms with Crippen LogP contribution < -0.4 is 50.9 Å². The minimum absolute atomic E-state index is 0. The summed E-state index contributed by atoms with van der Waals surface area (Å²) in [6.45, 7) is 12.6. The van der Waals surface area contributed by atoms with Gasteiger partial charge in [-0.25, -0.2) is 0 Å². The van der Waals surface area contributed by atoms with E-state index >= 15 is 0 Å². The van der Waals surface area contributed by atoms with Crippen LogP contribution in [0.2, 0.25) is 0 Å². The molecule has 4 aliphatic rings. The third-order valence-electron chi connectivity index (χ3n) is 17.5. The summed E-state index contributed by atoms with van der Waals surface area (Å²) in [6.07, 6.45) is 22.5. The first-order chi connectivity index (χ1) is 31.9. The normalized spacial score (nSPS) is 28.6. The molecule has 0 unspecified atom stereocenters. The van der Waals surface area contributed by atoms with Gasteiger partial charge in [0.15, 0.2) is 0 Å². The fourth-order valence-corrected chi connectivity index (χ4v) is 13.6. The lowest BCUT2D eigenvalue weighted by molar-refractivity contribution is -0.870.